The first-order valence-corrected chi connectivity index (χ1v) is 8.44. The Morgan fingerprint density at radius 2 is 2.14 bits per heavy atom. The average Bonchev–Trinajstić information content (AvgIpc) is 2.46. The van der Waals surface area contributed by atoms with E-state index < -0.39 is 9.84 Å². The van der Waals surface area contributed by atoms with Crippen molar-refractivity contribution in [3.63, 3.8) is 0 Å². The average molecular weight is 333 g/mol. The van der Waals surface area contributed by atoms with Crippen LogP contribution in [0.1, 0.15) is 24.2 Å². The quantitative estimate of drug-likeness (QED) is 0.907. The van der Waals surface area contributed by atoms with Crippen molar-refractivity contribution in [2.75, 3.05) is 25.4 Å². The van der Waals surface area contributed by atoms with E-state index in [1.165, 1.54) is 12.1 Å². The van der Waals surface area contributed by atoms with Crippen LogP contribution in [0.25, 0.3) is 0 Å². The number of hydrogen-bond acceptors (Lipinski definition) is 4. The Hall–Kier alpha value is -1.11. The van der Waals surface area contributed by atoms with Gasteiger partial charge in [0.1, 0.15) is 0 Å². The van der Waals surface area contributed by atoms with Crippen molar-refractivity contribution in [2.45, 2.75) is 24.8 Å². The highest BCUT2D eigenvalue weighted by Gasteiger charge is 2.22. The molecule has 21 heavy (non-hydrogen) atoms. The second kappa shape index (κ2) is 7.24. The van der Waals surface area contributed by atoms with Gasteiger partial charge in [0.2, 0.25) is 0 Å². The Labute approximate surface area is 132 Å². The Kier molecular flexibility index (Phi) is 6.19. The number of nitrogens with zero attached hydrogens (tertiary/aromatic N) is 1. The van der Waals surface area contributed by atoms with Crippen LogP contribution in [0.3, 0.4) is 0 Å². The van der Waals surface area contributed by atoms with Gasteiger partial charge in [0, 0.05) is 31.2 Å². The largest absolute Gasteiger partial charge is 0.336 e. The van der Waals surface area contributed by atoms with Gasteiger partial charge in [0.15, 0.2) is 9.84 Å². The Bertz CT molecular complexity index is 604. The van der Waals surface area contributed by atoms with Crippen molar-refractivity contribution in [1.82, 2.24) is 10.2 Å². The van der Waals surface area contributed by atoms with Crippen LogP contribution in [0, 0.1) is 0 Å². The van der Waals surface area contributed by atoms with Crippen LogP contribution >= 0.6 is 12.4 Å². The van der Waals surface area contributed by atoms with Gasteiger partial charge in [-0.25, -0.2) is 8.42 Å². The molecule has 118 valence electrons. The van der Waals surface area contributed by atoms with Gasteiger partial charge in [-0.3, -0.25) is 4.79 Å². The maximum atomic E-state index is 12.4. The van der Waals surface area contributed by atoms with E-state index in [9.17, 15) is 13.2 Å². The fourth-order valence-electron chi connectivity index (χ4n) is 2.29. The lowest BCUT2D eigenvalue weighted by Crippen LogP contribution is -2.51. The molecule has 0 saturated carbocycles. The molecule has 1 heterocycles. The summed E-state index contributed by atoms with van der Waals surface area (Å²) in [4.78, 5) is 14.4. The van der Waals surface area contributed by atoms with E-state index in [-0.39, 0.29) is 35.0 Å². The molecule has 0 aromatic heterocycles. The molecule has 0 radical (unpaired) electrons. The van der Waals surface area contributed by atoms with Crippen LogP contribution in [0.5, 0.6) is 0 Å². The van der Waals surface area contributed by atoms with Crippen LogP contribution in [0.15, 0.2) is 29.2 Å². The van der Waals surface area contributed by atoms with Crippen LogP contribution in [0.2, 0.25) is 0 Å². The summed E-state index contributed by atoms with van der Waals surface area (Å²) in [6.07, 6.45) is 0. The molecule has 1 N–H and O–H groups in total. The molecule has 1 saturated heterocycles. The molecule has 1 aromatic carbocycles. The number of carbonyl (C=O) groups is 1. The summed E-state index contributed by atoms with van der Waals surface area (Å²) < 4.78 is 23.7. The lowest BCUT2D eigenvalue weighted by atomic mass is 10.1. The number of benzene rings is 1. The number of hydrogen-bond donors (Lipinski definition) is 1. The number of sulfone groups is 1. The summed E-state index contributed by atoms with van der Waals surface area (Å²) in [7, 11) is -3.28. The third-order valence-corrected chi connectivity index (χ3v) is 5.21. The summed E-state index contributed by atoms with van der Waals surface area (Å²) in [6, 6.07) is 6.57. The first-order chi connectivity index (χ1) is 9.44. The number of carbonyl (C=O) groups excluding carboxylic acids is 1. The van der Waals surface area contributed by atoms with Crippen LogP contribution in [-0.2, 0) is 9.84 Å². The van der Waals surface area contributed by atoms with E-state index in [4.69, 9.17) is 0 Å². The molecule has 1 aliphatic rings. The summed E-state index contributed by atoms with van der Waals surface area (Å²) in [5, 5.41) is 3.27. The molecule has 0 unspecified atom stereocenters. The zero-order chi connectivity index (χ0) is 14.8. The summed E-state index contributed by atoms with van der Waals surface area (Å²) in [5.74, 6) is -0.0681. The maximum absolute atomic E-state index is 12.4. The summed E-state index contributed by atoms with van der Waals surface area (Å²) in [6.45, 7) is 5.68. The lowest BCUT2D eigenvalue weighted by Gasteiger charge is -2.32. The molecule has 1 aromatic rings. The third kappa shape index (κ3) is 4.18. The minimum atomic E-state index is -3.28. The van der Waals surface area contributed by atoms with Gasteiger partial charge in [0.05, 0.1) is 10.6 Å². The van der Waals surface area contributed by atoms with Crippen molar-refractivity contribution in [3.8, 4) is 0 Å². The smallest absolute Gasteiger partial charge is 0.253 e. The molecule has 5 nitrogen and oxygen atoms in total. The first kappa shape index (κ1) is 17.9. The number of halogens is 1. The predicted octanol–water partition coefficient (Wildman–Crippen LogP) is 1.34. The molecular formula is C14H21ClN2O3S. The van der Waals surface area contributed by atoms with Gasteiger partial charge in [0.25, 0.3) is 5.91 Å². The van der Waals surface area contributed by atoms with Crippen LogP contribution in [0.4, 0.5) is 0 Å². The van der Waals surface area contributed by atoms with E-state index in [1.807, 2.05) is 6.92 Å². The predicted molar refractivity (Wildman–Crippen MR) is 84.8 cm³/mol. The molecule has 1 atom stereocenters. The highest BCUT2D eigenvalue weighted by atomic mass is 35.5. The lowest BCUT2D eigenvalue weighted by molar-refractivity contribution is 0.0709. The van der Waals surface area contributed by atoms with Gasteiger partial charge >= 0.3 is 0 Å². The van der Waals surface area contributed by atoms with Gasteiger partial charge in [-0.1, -0.05) is 13.0 Å². The topological polar surface area (TPSA) is 66.5 Å². The van der Waals surface area contributed by atoms with E-state index in [0.29, 0.717) is 18.7 Å². The molecular weight excluding hydrogens is 312 g/mol. The van der Waals surface area contributed by atoms with Crippen molar-refractivity contribution in [2.24, 2.45) is 0 Å². The summed E-state index contributed by atoms with van der Waals surface area (Å²) >= 11 is 0. The van der Waals surface area contributed by atoms with E-state index >= 15 is 0 Å². The van der Waals surface area contributed by atoms with Crippen molar-refractivity contribution in [1.29, 1.82) is 0 Å². The molecule has 7 heteroatoms. The van der Waals surface area contributed by atoms with E-state index in [0.717, 1.165) is 6.54 Å². The molecule has 0 spiro atoms. The maximum Gasteiger partial charge on any atom is 0.253 e. The minimum Gasteiger partial charge on any atom is -0.336 e. The fraction of sp³-hybridized carbons (Fsp3) is 0.500. The normalized spacial score (nSPS) is 19.0. The highest BCUT2D eigenvalue weighted by Crippen LogP contribution is 2.15. The van der Waals surface area contributed by atoms with Crippen molar-refractivity contribution in [3.05, 3.63) is 29.8 Å². The number of piperazine rings is 1. The minimum absolute atomic E-state index is 0. The number of amides is 1. The zero-order valence-corrected chi connectivity index (χ0v) is 13.8. The Morgan fingerprint density at radius 3 is 2.76 bits per heavy atom. The third-order valence-electron chi connectivity index (χ3n) is 3.48. The zero-order valence-electron chi connectivity index (χ0n) is 12.2. The molecule has 1 fully saturated rings. The summed E-state index contributed by atoms with van der Waals surface area (Å²) in [5.41, 5.74) is 0.439. The number of rotatable bonds is 3. The highest BCUT2D eigenvalue weighted by molar-refractivity contribution is 7.91. The first-order valence-electron chi connectivity index (χ1n) is 6.79. The van der Waals surface area contributed by atoms with E-state index in [1.54, 1.807) is 24.0 Å². The fourth-order valence-corrected chi connectivity index (χ4v) is 3.21. The van der Waals surface area contributed by atoms with Crippen LogP contribution in [-0.4, -0.2) is 50.7 Å². The van der Waals surface area contributed by atoms with Gasteiger partial charge in [-0.2, -0.15) is 0 Å². The Balaban J connectivity index is 0.00000220. The van der Waals surface area contributed by atoms with Crippen molar-refractivity contribution >= 4 is 28.2 Å². The molecule has 0 aliphatic carbocycles. The molecule has 1 aliphatic heterocycles. The van der Waals surface area contributed by atoms with Gasteiger partial charge in [-0.15, -0.1) is 12.4 Å². The standard InChI is InChI=1S/C14H20N2O3S.ClH/c1-3-20(18,19)13-6-4-5-12(9-13)14(17)16-8-7-15-11(2)10-16;/h4-6,9,11,15H,3,7-8,10H2,1-2H3;1H/t11-;/m1./s1. The van der Waals surface area contributed by atoms with Gasteiger partial charge < -0.3 is 10.2 Å². The molecule has 2 rings (SSSR count). The molecule has 0 bridgehead atoms. The van der Waals surface area contributed by atoms with Crippen LogP contribution < -0.4 is 5.32 Å². The number of nitrogens with one attached hydrogen (secondary N) is 1. The van der Waals surface area contributed by atoms with Gasteiger partial charge in [-0.05, 0) is 25.1 Å². The molecule has 1 amide bonds. The second-order valence-electron chi connectivity index (χ2n) is 5.04. The second-order valence-corrected chi connectivity index (χ2v) is 7.32. The Morgan fingerprint density at radius 1 is 1.43 bits per heavy atom. The van der Waals surface area contributed by atoms with E-state index in [2.05, 4.69) is 5.32 Å². The SMILES string of the molecule is CCS(=O)(=O)c1cccc(C(=O)N2CCN[C@H](C)C2)c1.Cl. The van der Waals surface area contributed by atoms with Crippen molar-refractivity contribution < 1.29 is 13.2 Å². The monoisotopic (exact) mass is 332 g/mol.